The van der Waals surface area contributed by atoms with E-state index in [1.54, 1.807) is 0 Å². The Bertz CT molecular complexity index is 422. The number of nitrogens with zero attached hydrogens (tertiary/aromatic N) is 1. The summed E-state index contributed by atoms with van der Waals surface area (Å²) in [5.41, 5.74) is 5.15. The zero-order chi connectivity index (χ0) is 13.9. The molecule has 1 heterocycles. The molecule has 0 aromatic heterocycles. The van der Waals surface area contributed by atoms with Crippen molar-refractivity contribution >= 4 is 27.4 Å². The van der Waals surface area contributed by atoms with Crippen LogP contribution in [0.4, 0.5) is 0 Å². The first-order valence-electron chi connectivity index (χ1n) is 7.05. The first kappa shape index (κ1) is 15.2. The van der Waals surface area contributed by atoms with Crippen molar-refractivity contribution in [1.82, 2.24) is 9.03 Å². The summed E-state index contributed by atoms with van der Waals surface area (Å²) in [6.45, 7) is 1.20. The number of nitrogens with two attached hydrogens (primary N) is 1. The van der Waals surface area contributed by atoms with Crippen molar-refractivity contribution < 1.29 is 8.42 Å². The fourth-order valence-electron chi connectivity index (χ4n) is 2.97. The molecule has 7 heteroatoms. The zero-order valence-corrected chi connectivity index (χ0v) is 12.9. The number of rotatable bonds is 4. The second kappa shape index (κ2) is 6.03. The molecule has 19 heavy (non-hydrogen) atoms. The Morgan fingerprint density at radius 3 is 2.05 bits per heavy atom. The molecule has 1 saturated heterocycles. The van der Waals surface area contributed by atoms with E-state index >= 15 is 0 Å². The van der Waals surface area contributed by atoms with Gasteiger partial charge in [-0.25, -0.2) is 0 Å². The first-order valence-corrected chi connectivity index (χ1v) is 8.90. The summed E-state index contributed by atoms with van der Waals surface area (Å²) in [5.74, 6) is 0. The Labute approximate surface area is 121 Å². The Kier molecular flexibility index (Phi) is 4.81. The quantitative estimate of drug-likeness (QED) is 0.606. The highest BCUT2D eigenvalue weighted by molar-refractivity contribution is 7.87. The van der Waals surface area contributed by atoms with E-state index in [1.807, 2.05) is 0 Å². The summed E-state index contributed by atoms with van der Waals surface area (Å²) in [6, 6.07) is 0. The van der Waals surface area contributed by atoms with Crippen LogP contribution in [0.25, 0.3) is 0 Å². The van der Waals surface area contributed by atoms with Gasteiger partial charge in [-0.2, -0.15) is 17.4 Å². The molecule has 0 spiro atoms. The van der Waals surface area contributed by atoms with Gasteiger partial charge < -0.3 is 5.73 Å². The fraction of sp³-hybridized carbons (Fsp3) is 0.917. The van der Waals surface area contributed by atoms with Gasteiger partial charge in [0.05, 0.1) is 10.5 Å². The molecule has 5 nitrogen and oxygen atoms in total. The van der Waals surface area contributed by atoms with Crippen LogP contribution in [0.1, 0.15) is 51.4 Å². The summed E-state index contributed by atoms with van der Waals surface area (Å²) in [4.78, 5) is 0.289. The normalized spacial score (nSPS) is 25.1. The van der Waals surface area contributed by atoms with Gasteiger partial charge in [0.2, 0.25) is 0 Å². The van der Waals surface area contributed by atoms with Crippen LogP contribution in [0, 0.1) is 0 Å². The lowest BCUT2D eigenvalue weighted by Crippen LogP contribution is -2.59. The van der Waals surface area contributed by atoms with E-state index in [9.17, 15) is 8.42 Å². The molecule has 1 aliphatic heterocycles. The summed E-state index contributed by atoms with van der Waals surface area (Å²) < 4.78 is 29.2. The molecular weight excluding hydrogens is 282 g/mol. The Morgan fingerprint density at radius 1 is 1.05 bits per heavy atom. The number of hydrogen-bond donors (Lipinski definition) is 2. The molecule has 0 amide bonds. The molecule has 0 aromatic rings. The van der Waals surface area contributed by atoms with E-state index in [2.05, 4.69) is 4.72 Å². The van der Waals surface area contributed by atoms with Crippen LogP contribution in [-0.2, 0) is 10.2 Å². The SMILES string of the molecule is NC(=S)C1(NS(=O)(=O)N2CCCC2)CCCCCC1. The smallest absolute Gasteiger partial charge is 0.280 e. The maximum Gasteiger partial charge on any atom is 0.280 e. The molecule has 0 atom stereocenters. The number of hydrogen-bond acceptors (Lipinski definition) is 3. The van der Waals surface area contributed by atoms with Crippen LogP contribution in [0.3, 0.4) is 0 Å². The average molecular weight is 305 g/mol. The Hall–Kier alpha value is -0.240. The summed E-state index contributed by atoms with van der Waals surface area (Å²) in [5, 5.41) is 0. The summed E-state index contributed by atoms with van der Waals surface area (Å²) in [7, 11) is -3.46. The van der Waals surface area contributed by atoms with Crippen molar-refractivity contribution in [3.63, 3.8) is 0 Å². The molecule has 110 valence electrons. The molecule has 0 bridgehead atoms. The summed E-state index contributed by atoms with van der Waals surface area (Å²) in [6.07, 6.45) is 7.48. The minimum absolute atomic E-state index is 0.289. The van der Waals surface area contributed by atoms with Crippen molar-refractivity contribution in [1.29, 1.82) is 0 Å². The van der Waals surface area contributed by atoms with Gasteiger partial charge in [-0.05, 0) is 25.7 Å². The van der Waals surface area contributed by atoms with Crippen LogP contribution in [0.15, 0.2) is 0 Å². The van der Waals surface area contributed by atoms with Gasteiger partial charge in [-0.1, -0.05) is 37.9 Å². The molecule has 3 N–H and O–H groups in total. The highest BCUT2D eigenvalue weighted by Crippen LogP contribution is 2.29. The molecule has 2 aliphatic rings. The van der Waals surface area contributed by atoms with Crippen molar-refractivity contribution in [3.05, 3.63) is 0 Å². The third-order valence-corrected chi connectivity index (χ3v) is 6.24. The van der Waals surface area contributed by atoms with Crippen molar-refractivity contribution in [2.24, 2.45) is 5.73 Å². The van der Waals surface area contributed by atoms with Crippen LogP contribution >= 0.6 is 12.2 Å². The summed E-state index contributed by atoms with van der Waals surface area (Å²) >= 11 is 5.16. The highest BCUT2D eigenvalue weighted by atomic mass is 32.2. The third kappa shape index (κ3) is 3.45. The lowest BCUT2D eigenvalue weighted by molar-refractivity contribution is 0.405. The van der Waals surface area contributed by atoms with Gasteiger partial charge in [-0.3, -0.25) is 0 Å². The molecule has 2 rings (SSSR count). The predicted octanol–water partition coefficient (Wildman–Crippen LogP) is 1.30. The number of thiocarbonyl (C=S) groups is 1. The van der Waals surface area contributed by atoms with Crippen LogP contribution in [0.5, 0.6) is 0 Å². The molecule has 1 saturated carbocycles. The monoisotopic (exact) mass is 305 g/mol. The maximum absolute atomic E-state index is 12.4. The highest BCUT2D eigenvalue weighted by Gasteiger charge is 2.40. The lowest BCUT2D eigenvalue weighted by atomic mass is 9.91. The molecule has 1 aliphatic carbocycles. The van der Waals surface area contributed by atoms with Crippen molar-refractivity contribution in [2.75, 3.05) is 13.1 Å². The predicted molar refractivity (Wildman–Crippen MR) is 80.1 cm³/mol. The Morgan fingerprint density at radius 2 is 1.58 bits per heavy atom. The second-order valence-electron chi connectivity index (χ2n) is 5.57. The van der Waals surface area contributed by atoms with E-state index in [0.29, 0.717) is 13.1 Å². The van der Waals surface area contributed by atoms with E-state index in [0.717, 1.165) is 51.4 Å². The Balaban J connectivity index is 2.17. The molecule has 0 radical (unpaired) electrons. The molecular formula is C12H23N3O2S2. The van der Waals surface area contributed by atoms with Crippen molar-refractivity contribution in [3.8, 4) is 0 Å². The maximum atomic E-state index is 12.4. The second-order valence-corrected chi connectivity index (χ2v) is 7.68. The van der Waals surface area contributed by atoms with Gasteiger partial charge in [0.25, 0.3) is 10.2 Å². The molecule has 2 fully saturated rings. The minimum atomic E-state index is -3.46. The zero-order valence-electron chi connectivity index (χ0n) is 11.2. The van der Waals surface area contributed by atoms with Gasteiger partial charge in [-0.15, -0.1) is 0 Å². The standard InChI is InChI=1S/C12H23N3O2S2/c13-11(18)12(7-3-1-2-4-8-12)14-19(16,17)15-9-5-6-10-15/h14H,1-10H2,(H2,13,18). The average Bonchev–Trinajstić information content (AvgIpc) is 2.78. The lowest BCUT2D eigenvalue weighted by Gasteiger charge is -2.34. The fourth-order valence-corrected chi connectivity index (χ4v) is 4.97. The van der Waals surface area contributed by atoms with E-state index in [1.165, 1.54) is 4.31 Å². The van der Waals surface area contributed by atoms with Crippen molar-refractivity contribution in [2.45, 2.75) is 56.9 Å². The van der Waals surface area contributed by atoms with E-state index < -0.39 is 15.7 Å². The van der Waals surface area contributed by atoms with Gasteiger partial charge in [0.1, 0.15) is 0 Å². The topological polar surface area (TPSA) is 75.4 Å². The largest absolute Gasteiger partial charge is 0.392 e. The number of nitrogens with one attached hydrogen (secondary N) is 1. The van der Waals surface area contributed by atoms with E-state index in [-0.39, 0.29) is 4.99 Å². The molecule has 0 aromatic carbocycles. The first-order chi connectivity index (χ1) is 8.96. The molecule has 0 unspecified atom stereocenters. The van der Waals surface area contributed by atoms with Crippen LogP contribution < -0.4 is 10.5 Å². The minimum Gasteiger partial charge on any atom is -0.392 e. The van der Waals surface area contributed by atoms with E-state index in [4.69, 9.17) is 18.0 Å². The van der Waals surface area contributed by atoms with Crippen LogP contribution in [0.2, 0.25) is 0 Å². The van der Waals surface area contributed by atoms with Crippen LogP contribution in [-0.4, -0.2) is 36.3 Å². The third-order valence-electron chi connectivity index (χ3n) is 4.16. The van der Waals surface area contributed by atoms with Gasteiger partial charge >= 0.3 is 0 Å². The van der Waals surface area contributed by atoms with Gasteiger partial charge in [0, 0.05) is 13.1 Å². The van der Waals surface area contributed by atoms with Gasteiger partial charge in [0.15, 0.2) is 0 Å².